The van der Waals surface area contributed by atoms with Gasteiger partial charge in [-0.25, -0.2) is 0 Å². The molecule has 0 aliphatic carbocycles. The fourth-order valence-corrected chi connectivity index (χ4v) is 3.85. The van der Waals surface area contributed by atoms with E-state index in [0.29, 0.717) is 0 Å². The van der Waals surface area contributed by atoms with E-state index in [9.17, 15) is 0 Å². The first-order valence-corrected chi connectivity index (χ1v) is 7.51. The van der Waals surface area contributed by atoms with Crippen LogP contribution in [0.3, 0.4) is 0 Å². The fourth-order valence-electron chi connectivity index (χ4n) is 2.33. The summed E-state index contributed by atoms with van der Waals surface area (Å²) in [7, 11) is 0. The molecule has 0 atom stereocenters. The van der Waals surface area contributed by atoms with E-state index in [1.165, 1.54) is 33.4 Å². The Morgan fingerprint density at radius 2 is 2.00 bits per heavy atom. The zero-order valence-corrected chi connectivity index (χ0v) is 11.9. The molecular formula is C14H14BrNS. The number of benzene rings is 1. The molecule has 3 heteroatoms. The van der Waals surface area contributed by atoms with Crippen molar-refractivity contribution in [2.24, 2.45) is 0 Å². The van der Waals surface area contributed by atoms with Crippen LogP contribution >= 0.6 is 27.3 Å². The minimum absolute atomic E-state index is 1.06. The normalized spacial score (nSPS) is 15.8. The van der Waals surface area contributed by atoms with E-state index in [0.717, 1.165) is 13.1 Å². The van der Waals surface area contributed by atoms with Gasteiger partial charge in [-0.1, -0.05) is 24.3 Å². The number of fused-ring (bicyclic) bond motifs is 1. The van der Waals surface area contributed by atoms with Crippen LogP contribution < -0.4 is 0 Å². The molecule has 0 N–H and O–H groups in total. The van der Waals surface area contributed by atoms with Gasteiger partial charge in [0, 0.05) is 29.0 Å². The molecular weight excluding hydrogens is 294 g/mol. The van der Waals surface area contributed by atoms with Crippen molar-refractivity contribution in [1.82, 2.24) is 4.90 Å². The average molecular weight is 308 g/mol. The van der Waals surface area contributed by atoms with Crippen molar-refractivity contribution in [3.63, 3.8) is 0 Å². The minimum Gasteiger partial charge on any atom is -0.294 e. The van der Waals surface area contributed by atoms with Gasteiger partial charge < -0.3 is 0 Å². The van der Waals surface area contributed by atoms with Gasteiger partial charge in [0.1, 0.15) is 0 Å². The van der Waals surface area contributed by atoms with Gasteiger partial charge in [-0.3, -0.25) is 4.90 Å². The molecule has 3 rings (SSSR count). The Kier molecular flexibility index (Phi) is 3.32. The van der Waals surface area contributed by atoms with E-state index in [4.69, 9.17) is 0 Å². The molecule has 17 heavy (non-hydrogen) atoms. The monoisotopic (exact) mass is 307 g/mol. The van der Waals surface area contributed by atoms with Gasteiger partial charge in [-0.15, -0.1) is 11.3 Å². The van der Waals surface area contributed by atoms with Gasteiger partial charge in [0.05, 0.1) is 0 Å². The van der Waals surface area contributed by atoms with Crippen LogP contribution in [0.4, 0.5) is 0 Å². The number of hydrogen-bond donors (Lipinski definition) is 0. The summed E-state index contributed by atoms with van der Waals surface area (Å²) in [6, 6.07) is 10.9. The highest BCUT2D eigenvalue weighted by atomic mass is 79.9. The second-order valence-corrected chi connectivity index (χ2v) is 6.28. The average Bonchev–Trinajstić information content (AvgIpc) is 2.75. The summed E-state index contributed by atoms with van der Waals surface area (Å²) < 4.78 is 1.25. The van der Waals surface area contributed by atoms with Crippen molar-refractivity contribution in [2.45, 2.75) is 19.5 Å². The van der Waals surface area contributed by atoms with E-state index in [1.807, 2.05) is 11.3 Å². The lowest BCUT2D eigenvalue weighted by molar-refractivity contribution is 0.247. The fraction of sp³-hybridized carbons (Fsp3) is 0.286. The highest BCUT2D eigenvalue weighted by Gasteiger charge is 2.16. The quantitative estimate of drug-likeness (QED) is 0.808. The van der Waals surface area contributed by atoms with E-state index in [2.05, 4.69) is 56.5 Å². The summed E-state index contributed by atoms with van der Waals surface area (Å²) in [5.74, 6) is 0. The van der Waals surface area contributed by atoms with Crippen LogP contribution in [0.15, 0.2) is 40.2 Å². The van der Waals surface area contributed by atoms with Crippen molar-refractivity contribution < 1.29 is 0 Å². The summed E-state index contributed by atoms with van der Waals surface area (Å²) in [5, 5.41) is 2.15. The lowest BCUT2D eigenvalue weighted by Crippen LogP contribution is -2.29. The lowest BCUT2D eigenvalue weighted by Gasteiger charge is -2.28. The zero-order chi connectivity index (χ0) is 11.7. The molecule has 1 nitrogen and oxygen atoms in total. The summed E-state index contributed by atoms with van der Waals surface area (Å²) in [6.07, 6.45) is 1.18. The van der Waals surface area contributed by atoms with Crippen LogP contribution in [0.25, 0.3) is 0 Å². The smallest absolute Gasteiger partial charge is 0.0342 e. The van der Waals surface area contributed by atoms with Crippen LogP contribution in [0.5, 0.6) is 0 Å². The van der Waals surface area contributed by atoms with Crippen LogP contribution in [-0.4, -0.2) is 11.4 Å². The van der Waals surface area contributed by atoms with Crippen LogP contribution in [0, 0.1) is 0 Å². The molecule has 0 bridgehead atoms. The molecule has 0 unspecified atom stereocenters. The molecule has 0 fully saturated rings. The Bertz CT molecular complexity index is 520. The molecule has 0 spiro atoms. The predicted molar refractivity (Wildman–Crippen MR) is 76.3 cm³/mol. The topological polar surface area (TPSA) is 3.24 Å². The number of hydrogen-bond acceptors (Lipinski definition) is 2. The number of rotatable bonds is 2. The standard InChI is InChI=1S/C14H14BrNS/c15-13-6-8-17-14(13)10-16-7-5-11-3-1-2-4-12(11)9-16/h1-4,6,8H,5,7,9-10H2. The molecule has 1 aromatic carbocycles. The van der Waals surface area contributed by atoms with Crippen molar-refractivity contribution in [1.29, 1.82) is 0 Å². The lowest BCUT2D eigenvalue weighted by atomic mass is 10.00. The van der Waals surface area contributed by atoms with Crippen LogP contribution in [-0.2, 0) is 19.5 Å². The van der Waals surface area contributed by atoms with Gasteiger partial charge in [0.15, 0.2) is 0 Å². The molecule has 0 amide bonds. The van der Waals surface area contributed by atoms with Crippen molar-refractivity contribution in [2.75, 3.05) is 6.54 Å². The van der Waals surface area contributed by atoms with Gasteiger partial charge in [-0.05, 0) is 44.9 Å². The summed E-state index contributed by atoms with van der Waals surface area (Å²) >= 11 is 5.44. The van der Waals surface area contributed by atoms with Gasteiger partial charge >= 0.3 is 0 Å². The largest absolute Gasteiger partial charge is 0.294 e. The molecule has 1 aliphatic heterocycles. The molecule has 2 heterocycles. The maximum absolute atomic E-state index is 3.61. The first-order chi connectivity index (χ1) is 8.33. The zero-order valence-electron chi connectivity index (χ0n) is 9.53. The van der Waals surface area contributed by atoms with Crippen molar-refractivity contribution >= 4 is 27.3 Å². The van der Waals surface area contributed by atoms with Crippen molar-refractivity contribution in [3.05, 3.63) is 56.2 Å². The van der Waals surface area contributed by atoms with Crippen LogP contribution in [0.2, 0.25) is 0 Å². The third kappa shape index (κ3) is 2.46. The molecule has 1 aromatic heterocycles. The maximum Gasteiger partial charge on any atom is 0.0342 e. The number of halogens is 1. The maximum atomic E-state index is 3.61. The Labute approximate surface area is 114 Å². The second kappa shape index (κ2) is 4.92. The SMILES string of the molecule is Brc1ccsc1CN1CCc2ccccc2C1. The highest BCUT2D eigenvalue weighted by molar-refractivity contribution is 9.10. The third-order valence-electron chi connectivity index (χ3n) is 3.27. The van der Waals surface area contributed by atoms with E-state index >= 15 is 0 Å². The minimum atomic E-state index is 1.06. The van der Waals surface area contributed by atoms with Gasteiger partial charge in [-0.2, -0.15) is 0 Å². The number of nitrogens with zero attached hydrogens (tertiary/aromatic N) is 1. The summed E-state index contributed by atoms with van der Waals surface area (Å²) in [5.41, 5.74) is 3.01. The van der Waals surface area contributed by atoms with E-state index < -0.39 is 0 Å². The first kappa shape index (κ1) is 11.5. The summed E-state index contributed by atoms with van der Waals surface area (Å²) in [4.78, 5) is 3.96. The Morgan fingerprint density at radius 1 is 1.18 bits per heavy atom. The molecule has 1 aliphatic rings. The Morgan fingerprint density at radius 3 is 2.76 bits per heavy atom. The second-order valence-electron chi connectivity index (χ2n) is 4.42. The highest BCUT2D eigenvalue weighted by Crippen LogP contribution is 2.26. The van der Waals surface area contributed by atoms with E-state index in [-0.39, 0.29) is 0 Å². The van der Waals surface area contributed by atoms with Gasteiger partial charge in [0.25, 0.3) is 0 Å². The van der Waals surface area contributed by atoms with E-state index in [1.54, 1.807) is 0 Å². The molecule has 0 saturated carbocycles. The molecule has 2 aromatic rings. The third-order valence-corrected chi connectivity index (χ3v) is 5.18. The Hall–Kier alpha value is -0.640. The summed E-state index contributed by atoms with van der Waals surface area (Å²) in [6.45, 7) is 3.31. The first-order valence-electron chi connectivity index (χ1n) is 5.84. The van der Waals surface area contributed by atoms with Crippen LogP contribution in [0.1, 0.15) is 16.0 Å². The van der Waals surface area contributed by atoms with Gasteiger partial charge in [0.2, 0.25) is 0 Å². The molecule has 88 valence electrons. The van der Waals surface area contributed by atoms with Crippen molar-refractivity contribution in [3.8, 4) is 0 Å². The predicted octanol–water partition coefficient (Wildman–Crippen LogP) is 4.07. The Balaban J connectivity index is 1.74. The molecule has 0 saturated heterocycles. The number of thiophene rings is 1. The molecule has 0 radical (unpaired) electrons.